The van der Waals surface area contributed by atoms with E-state index in [-0.39, 0.29) is 18.1 Å². The van der Waals surface area contributed by atoms with Gasteiger partial charge in [-0.3, -0.25) is 15.4 Å². The maximum atomic E-state index is 13.5. The number of carbonyl (C=O) groups excluding carboxylic acids is 2. The van der Waals surface area contributed by atoms with Gasteiger partial charge in [0, 0.05) is 48.7 Å². The third-order valence-electron chi connectivity index (χ3n) is 7.15. The summed E-state index contributed by atoms with van der Waals surface area (Å²) in [4.78, 5) is 35.8. The second-order valence-corrected chi connectivity index (χ2v) is 10.8. The number of hydrogen-bond donors (Lipinski definition) is 2. The first-order valence-corrected chi connectivity index (χ1v) is 14.3. The van der Waals surface area contributed by atoms with Crippen LogP contribution in [0.2, 0.25) is 0 Å². The molecule has 1 aromatic carbocycles. The highest BCUT2D eigenvalue weighted by molar-refractivity contribution is 7.14. The molecule has 6 rings (SSSR count). The van der Waals surface area contributed by atoms with Crippen molar-refractivity contribution in [2.45, 2.75) is 38.0 Å². The minimum Gasteiger partial charge on any atom is -0.443 e. The van der Waals surface area contributed by atoms with E-state index in [4.69, 9.17) is 14.5 Å². The summed E-state index contributed by atoms with van der Waals surface area (Å²) in [5.41, 5.74) is 3.75. The second kappa shape index (κ2) is 12.1. The number of halogens is 1. The molecule has 0 unspecified atom stereocenters. The molecule has 2 aliphatic rings. The maximum absolute atomic E-state index is 13.5. The Hall–Kier alpha value is -4.29. The number of nitrogens with one attached hydrogen (secondary N) is 2. The van der Waals surface area contributed by atoms with Crippen molar-refractivity contribution in [2.75, 3.05) is 35.3 Å². The lowest BCUT2D eigenvalue weighted by molar-refractivity contribution is 0.0931. The van der Waals surface area contributed by atoms with Crippen molar-refractivity contribution in [1.29, 1.82) is 0 Å². The van der Waals surface area contributed by atoms with Crippen molar-refractivity contribution < 1.29 is 23.5 Å². The molecule has 41 heavy (non-hydrogen) atoms. The highest BCUT2D eigenvalue weighted by Gasteiger charge is 2.29. The standard InChI is InChI=1S/C29H29FN6O4S/c30-26-15-19(9-11-31-26)16-35-12-1-4-25(35)27(37)34-28-33-23(18-41-28)24-3-2-13-36(24)21-7-5-20(6-8-21)32-29(38)40-22-10-14-39-17-22/h1,4-9,11-12,15,18,22,24H,2-3,10,13-14,16-17H2,(H,32,38)(H,33,34,37)/t22-,24+/m0/s1. The van der Waals surface area contributed by atoms with Crippen LogP contribution in [0.25, 0.3) is 0 Å². The molecule has 2 atom stereocenters. The van der Waals surface area contributed by atoms with Crippen LogP contribution in [0.4, 0.5) is 25.7 Å². The van der Waals surface area contributed by atoms with Crippen LogP contribution in [0.5, 0.6) is 0 Å². The van der Waals surface area contributed by atoms with E-state index in [1.165, 1.54) is 23.6 Å². The van der Waals surface area contributed by atoms with Gasteiger partial charge in [0.2, 0.25) is 5.95 Å². The molecule has 12 heteroatoms. The average molecular weight is 577 g/mol. The molecule has 0 bridgehead atoms. The molecule has 2 N–H and O–H groups in total. The van der Waals surface area contributed by atoms with E-state index in [1.54, 1.807) is 29.0 Å². The summed E-state index contributed by atoms with van der Waals surface area (Å²) in [5, 5.41) is 8.19. The van der Waals surface area contributed by atoms with Gasteiger partial charge >= 0.3 is 6.09 Å². The molecule has 0 aliphatic carbocycles. The first-order valence-electron chi connectivity index (χ1n) is 13.5. The lowest BCUT2D eigenvalue weighted by atomic mass is 10.1. The first-order chi connectivity index (χ1) is 20.0. The van der Waals surface area contributed by atoms with Crippen LogP contribution >= 0.6 is 11.3 Å². The molecule has 3 aromatic heterocycles. The van der Waals surface area contributed by atoms with E-state index >= 15 is 0 Å². The van der Waals surface area contributed by atoms with Crippen molar-refractivity contribution >= 4 is 39.8 Å². The minimum absolute atomic E-state index is 0.0773. The third kappa shape index (κ3) is 6.39. The molecule has 0 spiro atoms. The predicted octanol–water partition coefficient (Wildman–Crippen LogP) is 5.46. The second-order valence-electron chi connectivity index (χ2n) is 9.95. The average Bonchev–Trinajstić information content (AvgIpc) is 3.77. The SMILES string of the molecule is O=C(Nc1ccc(N2CCC[C@@H]2c2csc(NC(=O)c3cccn3Cc3ccnc(F)c3)n2)cc1)O[C@H]1CCOC1. The zero-order valence-electron chi connectivity index (χ0n) is 22.2. The number of ether oxygens (including phenoxy) is 2. The summed E-state index contributed by atoms with van der Waals surface area (Å²) in [6.45, 7) is 2.28. The predicted molar refractivity (Wildman–Crippen MR) is 153 cm³/mol. The Kier molecular flexibility index (Phi) is 7.92. The topological polar surface area (TPSA) is 111 Å². The van der Waals surface area contributed by atoms with Crippen LogP contribution < -0.4 is 15.5 Å². The third-order valence-corrected chi connectivity index (χ3v) is 7.93. The van der Waals surface area contributed by atoms with Gasteiger partial charge < -0.3 is 18.9 Å². The van der Waals surface area contributed by atoms with Crippen LogP contribution in [0, 0.1) is 5.95 Å². The van der Waals surface area contributed by atoms with Gasteiger partial charge in [0.1, 0.15) is 11.8 Å². The lowest BCUT2D eigenvalue weighted by Gasteiger charge is -2.26. The van der Waals surface area contributed by atoms with E-state index in [2.05, 4.69) is 20.5 Å². The number of amides is 2. The molecule has 4 aromatic rings. The summed E-state index contributed by atoms with van der Waals surface area (Å²) in [6.07, 6.45) is 5.19. The summed E-state index contributed by atoms with van der Waals surface area (Å²) >= 11 is 1.39. The Morgan fingerprint density at radius 1 is 1.15 bits per heavy atom. The molecular weight excluding hydrogens is 547 g/mol. The number of benzene rings is 1. The van der Waals surface area contributed by atoms with E-state index in [1.807, 2.05) is 29.6 Å². The number of pyridine rings is 1. The van der Waals surface area contributed by atoms with Gasteiger partial charge in [-0.15, -0.1) is 11.3 Å². The monoisotopic (exact) mass is 576 g/mol. The molecule has 10 nitrogen and oxygen atoms in total. The number of rotatable bonds is 8. The van der Waals surface area contributed by atoms with E-state index < -0.39 is 12.0 Å². The van der Waals surface area contributed by atoms with Gasteiger partial charge in [-0.05, 0) is 66.9 Å². The van der Waals surface area contributed by atoms with Gasteiger partial charge in [0.05, 0.1) is 24.9 Å². The summed E-state index contributed by atoms with van der Waals surface area (Å²) in [7, 11) is 0. The Bertz CT molecular complexity index is 1520. The fourth-order valence-electron chi connectivity index (χ4n) is 5.18. The molecule has 0 radical (unpaired) electrons. The van der Waals surface area contributed by atoms with Crippen molar-refractivity contribution in [2.24, 2.45) is 0 Å². The Balaban J connectivity index is 1.08. The highest BCUT2D eigenvalue weighted by Crippen LogP contribution is 2.37. The van der Waals surface area contributed by atoms with Gasteiger partial charge in [-0.1, -0.05) is 0 Å². The molecule has 2 fully saturated rings. The van der Waals surface area contributed by atoms with Crippen molar-refractivity contribution in [3.8, 4) is 0 Å². The summed E-state index contributed by atoms with van der Waals surface area (Å²) in [6, 6.07) is 14.3. The molecule has 5 heterocycles. The normalized spacial score (nSPS) is 18.4. The van der Waals surface area contributed by atoms with Gasteiger partial charge in [-0.2, -0.15) is 4.39 Å². The maximum Gasteiger partial charge on any atom is 0.411 e. The van der Waals surface area contributed by atoms with Gasteiger partial charge in [-0.25, -0.2) is 14.8 Å². The van der Waals surface area contributed by atoms with Gasteiger partial charge in [0.15, 0.2) is 5.13 Å². The molecule has 212 valence electrons. The number of thiazole rings is 1. The van der Waals surface area contributed by atoms with Crippen LogP contribution in [0.3, 0.4) is 0 Å². The van der Waals surface area contributed by atoms with Crippen LogP contribution in [-0.2, 0) is 16.0 Å². The van der Waals surface area contributed by atoms with Crippen molar-refractivity contribution in [1.82, 2.24) is 14.5 Å². The van der Waals surface area contributed by atoms with Gasteiger partial charge in [0.25, 0.3) is 5.91 Å². The molecule has 2 aliphatic heterocycles. The minimum atomic E-state index is -0.556. The highest BCUT2D eigenvalue weighted by atomic mass is 32.1. The molecule has 2 saturated heterocycles. The van der Waals surface area contributed by atoms with E-state index in [9.17, 15) is 14.0 Å². The zero-order chi connectivity index (χ0) is 28.2. The van der Waals surface area contributed by atoms with E-state index in [0.717, 1.165) is 30.8 Å². The van der Waals surface area contributed by atoms with Crippen LogP contribution in [0.1, 0.15) is 47.1 Å². The fraction of sp³-hybridized carbons (Fsp3) is 0.310. The fourth-order valence-corrected chi connectivity index (χ4v) is 5.93. The van der Waals surface area contributed by atoms with Crippen LogP contribution in [0.15, 0.2) is 66.3 Å². The largest absolute Gasteiger partial charge is 0.443 e. The summed E-state index contributed by atoms with van der Waals surface area (Å²) in [5.74, 6) is -0.838. The zero-order valence-corrected chi connectivity index (χ0v) is 23.0. The summed E-state index contributed by atoms with van der Waals surface area (Å²) < 4.78 is 25.9. The number of aromatic nitrogens is 3. The Labute approximate surface area is 240 Å². The van der Waals surface area contributed by atoms with Crippen LogP contribution in [-0.4, -0.2) is 52.4 Å². The van der Waals surface area contributed by atoms with Crippen molar-refractivity contribution in [3.05, 3.63) is 89.2 Å². The quantitative estimate of drug-likeness (QED) is 0.268. The smallest absolute Gasteiger partial charge is 0.411 e. The first kappa shape index (κ1) is 26.9. The number of anilines is 3. The number of carbonyl (C=O) groups is 2. The van der Waals surface area contributed by atoms with Crippen molar-refractivity contribution in [3.63, 3.8) is 0 Å². The Morgan fingerprint density at radius 3 is 2.83 bits per heavy atom. The van der Waals surface area contributed by atoms with E-state index in [0.29, 0.717) is 48.3 Å². The molecule has 2 amide bonds. The lowest BCUT2D eigenvalue weighted by Crippen LogP contribution is -2.23. The number of nitrogens with zero attached hydrogens (tertiary/aromatic N) is 4. The molecular formula is C29H29FN6O4S. The number of hydrogen-bond acceptors (Lipinski definition) is 8. The molecule has 0 saturated carbocycles. The Morgan fingerprint density at radius 2 is 2.02 bits per heavy atom.